The van der Waals surface area contributed by atoms with Crippen LogP contribution in [-0.4, -0.2) is 6.54 Å². The third-order valence-corrected chi connectivity index (χ3v) is 2.16. The molecule has 0 aromatic heterocycles. The summed E-state index contributed by atoms with van der Waals surface area (Å²) in [7, 11) is 0. The van der Waals surface area contributed by atoms with Gasteiger partial charge in [-0.2, -0.15) is 26.3 Å². The van der Waals surface area contributed by atoms with E-state index in [1.54, 1.807) is 0 Å². The van der Waals surface area contributed by atoms with Gasteiger partial charge in [0.1, 0.15) is 0 Å². The molecule has 7 heteroatoms. The molecule has 0 spiro atoms. The van der Waals surface area contributed by atoms with Gasteiger partial charge in [-0.3, -0.25) is 0 Å². The number of rotatable bonds is 2. The van der Waals surface area contributed by atoms with Crippen molar-refractivity contribution in [1.82, 2.24) is 0 Å². The first-order chi connectivity index (χ1) is 7.66. The topological polar surface area (TPSA) is 26.0 Å². The molecule has 0 aliphatic carbocycles. The first-order valence-corrected chi connectivity index (χ1v) is 4.63. The SMILES string of the molecule is NCCc1ccc(C(F)(F)F)cc1C(F)(F)F. The van der Waals surface area contributed by atoms with E-state index in [0.717, 1.165) is 6.07 Å². The molecule has 0 atom stereocenters. The van der Waals surface area contributed by atoms with Crippen LogP contribution < -0.4 is 5.73 Å². The van der Waals surface area contributed by atoms with Crippen molar-refractivity contribution >= 4 is 0 Å². The van der Waals surface area contributed by atoms with Gasteiger partial charge < -0.3 is 5.73 Å². The quantitative estimate of drug-likeness (QED) is 0.809. The van der Waals surface area contributed by atoms with Crippen LogP contribution in [0.4, 0.5) is 26.3 Å². The van der Waals surface area contributed by atoms with Gasteiger partial charge in [-0.25, -0.2) is 0 Å². The molecule has 0 fully saturated rings. The first-order valence-electron chi connectivity index (χ1n) is 4.63. The Morgan fingerprint density at radius 3 is 1.94 bits per heavy atom. The predicted molar refractivity (Wildman–Crippen MR) is 49.2 cm³/mol. The van der Waals surface area contributed by atoms with Gasteiger partial charge in [0.2, 0.25) is 0 Å². The fraction of sp³-hybridized carbons (Fsp3) is 0.400. The maximum atomic E-state index is 12.5. The molecule has 1 nitrogen and oxygen atoms in total. The van der Waals surface area contributed by atoms with Gasteiger partial charge >= 0.3 is 12.4 Å². The zero-order chi connectivity index (χ0) is 13.3. The van der Waals surface area contributed by atoms with E-state index in [0.29, 0.717) is 6.07 Å². The summed E-state index contributed by atoms with van der Waals surface area (Å²) in [5, 5.41) is 0. The Balaban J connectivity index is 3.30. The van der Waals surface area contributed by atoms with Crippen molar-refractivity contribution in [2.45, 2.75) is 18.8 Å². The van der Waals surface area contributed by atoms with Crippen LogP contribution in [-0.2, 0) is 18.8 Å². The van der Waals surface area contributed by atoms with E-state index < -0.39 is 23.5 Å². The van der Waals surface area contributed by atoms with Gasteiger partial charge in [-0.05, 0) is 30.7 Å². The van der Waals surface area contributed by atoms with Crippen LogP contribution in [0.3, 0.4) is 0 Å². The second-order valence-corrected chi connectivity index (χ2v) is 3.41. The number of hydrogen-bond donors (Lipinski definition) is 1. The van der Waals surface area contributed by atoms with E-state index >= 15 is 0 Å². The molecule has 0 saturated carbocycles. The van der Waals surface area contributed by atoms with Crippen LogP contribution in [0.1, 0.15) is 16.7 Å². The number of halogens is 6. The molecule has 2 N–H and O–H groups in total. The average Bonchev–Trinajstić information content (AvgIpc) is 2.15. The molecule has 0 radical (unpaired) electrons. The molecule has 0 heterocycles. The van der Waals surface area contributed by atoms with E-state index in [2.05, 4.69) is 0 Å². The Labute approximate surface area is 93.2 Å². The molecule has 17 heavy (non-hydrogen) atoms. The van der Waals surface area contributed by atoms with Gasteiger partial charge in [0.25, 0.3) is 0 Å². The molecule has 0 amide bonds. The zero-order valence-corrected chi connectivity index (χ0v) is 8.49. The summed E-state index contributed by atoms with van der Waals surface area (Å²) in [5.74, 6) is 0. The third kappa shape index (κ3) is 3.36. The molecule has 0 bridgehead atoms. The Hall–Kier alpha value is -1.24. The van der Waals surface area contributed by atoms with E-state index in [-0.39, 0.29) is 24.6 Å². The monoisotopic (exact) mass is 257 g/mol. The van der Waals surface area contributed by atoms with Gasteiger partial charge in [0, 0.05) is 0 Å². The average molecular weight is 257 g/mol. The summed E-state index contributed by atoms with van der Waals surface area (Å²) in [4.78, 5) is 0. The molecule has 0 unspecified atom stereocenters. The highest BCUT2D eigenvalue weighted by Gasteiger charge is 2.37. The lowest BCUT2D eigenvalue weighted by atomic mass is 10.0. The van der Waals surface area contributed by atoms with Gasteiger partial charge in [0.05, 0.1) is 11.1 Å². The minimum atomic E-state index is -4.81. The predicted octanol–water partition coefficient (Wildman–Crippen LogP) is 3.23. The van der Waals surface area contributed by atoms with Gasteiger partial charge in [-0.1, -0.05) is 6.07 Å². The highest BCUT2D eigenvalue weighted by atomic mass is 19.4. The normalized spacial score (nSPS) is 12.9. The molecule has 0 aliphatic heterocycles. The second kappa shape index (κ2) is 4.56. The van der Waals surface area contributed by atoms with Crippen LogP contribution in [0.15, 0.2) is 18.2 Å². The zero-order valence-electron chi connectivity index (χ0n) is 8.49. The molecule has 1 rings (SSSR count). The van der Waals surface area contributed by atoms with Crippen LogP contribution >= 0.6 is 0 Å². The summed E-state index contributed by atoms with van der Waals surface area (Å²) in [6.45, 7) is -0.0611. The number of hydrogen-bond acceptors (Lipinski definition) is 1. The maximum Gasteiger partial charge on any atom is 0.416 e. The van der Waals surface area contributed by atoms with E-state index in [1.165, 1.54) is 0 Å². The fourth-order valence-corrected chi connectivity index (χ4v) is 1.39. The Kier molecular flexibility index (Phi) is 3.71. The van der Waals surface area contributed by atoms with Crippen molar-refractivity contribution in [3.63, 3.8) is 0 Å². The summed E-state index contributed by atoms with van der Waals surface area (Å²) in [5.41, 5.74) is 2.28. The van der Waals surface area contributed by atoms with E-state index in [4.69, 9.17) is 5.73 Å². The van der Waals surface area contributed by atoms with Crippen LogP contribution in [0.2, 0.25) is 0 Å². The van der Waals surface area contributed by atoms with Crippen molar-refractivity contribution < 1.29 is 26.3 Å². The molecule has 96 valence electrons. The number of alkyl halides is 6. The lowest BCUT2D eigenvalue weighted by molar-refractivity contribution is -0.143. The smallest absolute Gasteiger partial charge is 0.330 e. The summed E-state index contributed by atoms with van der Waals surface area (Å²) in [6.07, 6.45) is -9.72. The van der Waals surface area contributed by atoms with Crippen molar-refractivity contribution in [2.24, 2.45) is 5.73 Å². The number of nitrogens with two attached hydrogens (primary N) is 1. The summed E-state index contributed by atoms with van der Waals surface area (Å²) >= 11 is 0. The lowest BCUT2D eigenvalue weighted by Gasteiger charge is -2.15. The molecule has 0 aliphatic rings. The largest absolute Gasteiger partial charge is 0.416 e. The van der Waals surface area contributed by atoms with Gasteiger partial charge in [-0.15, -0.1) is 0 Å². The molecular weight excluding hydrogens is 248 g/mol. The van der Waals surface area contributed by atoms with E-state index in [1.807, 2.05) is 0 Å². The van der Waals surface area contributed by atoms with Gasteiger partial charge in [0.15, 0.2) is 0 Å². The van der Waals surface area contributed by atoms with Crippen molar-refractivity contribution in [1.29, 1.82) is 0 Å². The molecule has 0 saturated heterocycles. The summed E-state index contributed by atoms with van der Waals surface area (Å²) in [6, 6.07) is 1.56. The third-order valence-electron chi connectivity index (χ3n) is 2.16. The first kappa shape index (κ1) is 13.8. The van der Waals surface area contributed by atoms with E-state index in [9.17, 15) is 26.3 Å². The molecule has 1 aromatic carbocycles. The van der Waals surface area contributed by atoms with Crippen LogP contribution in [0.25, 0.3) is 0 Å². The second-order valence-electron chi connectivity index (χ2n) is 3.41. The minimum Gasteiger partial charge on any atom is -0.330 e. The fourth-order valence-electron chi connectivity index (χ4n) is 1.39. The standard InChI is InChI=1S/C10H9F6N/c11-9(12,13)7-2-1-6(3-4-17)8(5-7)10(14,15)16/h1-2,5H,3-4,17H2. The van der Waals surface area contributed by atoms with Crippen LogP contribution in [0.5, 0.6) is 0 Å². The highest BCUT2D eigenvalue weighted by molar-refractivity contribution is 5.35. The Morgan fingerprint density at radius 1 is 0.941 bits per heavy atom. The summed E-state index contributed by atoms with van der Waals surface area (Å²) < 4.78 is 74.4. The number of benzene rings is 1. The Bertz CT molecular complexity index is 393. The van der Waals surface area contributed by atoms with Crippen molar-refractivity contribution in [3.8, 4) is 0 Å². The molecular formula is C10H9F6N. The highest BCUT2D eigenvalue weighted by Crippen LogP contribution is 2.37. The van der Waals surface area contributed by atoms with Crippen LogP contribution in [0, 0.1) is 0 Å². The maximum absolute atomic E-state index is 12.5. The van der Waals surface area contributed by atoms with Crippen molar-refractivity contribution in [2.75, 3.05) is 6.54 Å². The Morgan fingerprint density at radius 2 is 1.53 bits per heavy atom. The minimum absolute atomic E-state index is 0.0611. The lowest BCUT2D eigenvalue weighted by Crippen LogP contribution is -2.15. The van der Waals surface area contributed by atoms with Crippen molar-refractivity contribution in [3.05, 3.63) is 34.9 Å². The molecule has 1 aromatic rings.